The number of halogens is 1. The fourth-order valence-electron chi connectivity index (χ4n) is 4.63. The Balaban J connectivity index is 1.69. The highest BCUT2D eigenvalue weighted by Crippen LogP contribution is 2.60. The summed E-state index contributed by atoms with van der Waals surface area (Å²) in [6.07, 6.45) is 0.0512. The van der Waals surface area contributed by atoms with Crippen molar-refractivity contribution in [2.75, 3.05) is 0 Å². The van der Waals surface area contributed by atoms with E-state index in [1.165, 1.54) is 0 Å². The van der Waals surface area contributed by atoms with E-state index in [0.29, 0.717) is 28.0 Å². The van der Waals surface area contributed by atoms with Gasteiger partial charge in [0.05, 0.1) is 5.92 Å². The molecule has 0 spiro atoms. The maximum atomic E-state index is 13.1. The zero-order valence-corrected chi connectivity index (χ0v) is 16.4. The Bertz CT molecular complexity index is 1100. The van der Waals surface area contributed by atoms with Gasteiger partial charge in [-0.1, -0.05) is 64.5 Å². The molecule has 0 saturated heterocycles. The minimum Gasteiger partial charge on any atom is -0.426 e. The molecule has 0 saturated carbocycles. The zero-order valence-electron chi connectivity index (χ0n) is 14.8. The van der Waals surface area contributed by atoms with Crippen LogP contribution in [0.25, 0.3) is 0 Å². The number of aliphatic hydroxyl groups is 2. The maximum Gasteiger partial charge on any atom is 0.318 e. The summed E-state index contributed by atoms with van der Waals surface area (Å²) in [5.41, 5.74) is -0.603. The predicted molar refractivity (Wildman–Crippen MR) is 107 cm³/mol. The quantitative estimate of drug-likeness (QED) is 0.472. The third-order valence-electron chi connectivity index (χ3n) is 5.87. The molecule has 0 aromatic heterocycles. The summed E-state index contributed by atoms with van der Waals surface area (Å²) in [5, 5.41) is 23.6. The molecule has 3 unspecified atom stereocenters. The van der Waals surface area contributed by atoms with Gasteiger partial charge in [-0.15, -0.1) is 0 Å². The Labute approximate surface area is 170 Å². The van der Waals surface area contributed by atoms with Crippen LogP contribution in [-0.4, -0.2) is 16.2 Å². The Kier molecular flexibility index (Phi) is 3.78. The van der Waals surface area contributed by atoms with Crippen molar-refractivity contribution in [1.29, 1.82) is 0 Å². The molecule has 2 bridgehead atoms. The van der Waals surface area contributed by atoms with Gasteiger partial charge in [0, 0.05) is 10.9 Å². The second kappa shape index (κ2) is 6.01. The molecule has 3 aliphatic rings. The highest BCUT2D eigenvalue weighted by atomic mass is 79.9. The average molecular weight is 437 g/mol. The van der Waals surface area contributed by atoms with Crippen molar-refractivity contribution >= 4 is 21.9 Å². The first-order valence-corrected chi connectivity index (χ1v) is 9.86. The lowest BCUT2D eigenvalue weighted by Gasteiger charge is -2.53. The lowest BCUT2D eigenvalue weighted by atomic mass is 9.54. The van der Waals surface area contributed by atoms with Crippen LogP contribution in [0.2, 0.25) is 0 Å². The molecule has 3 atom stereocenters. The Morgan fingerprint density at radius 3 is 2.29 bits per heavy atom. The molecule has 0 fully saturated rings. The van der Waals surface area contributed by atoms with Crippen molar-refractivity contribution in [1.82, 2.24) is 0 Å². The van der Waals surface area contributed by atoms with Crippen LogP contribution in [0.1, 0.15) is 28.7 Å². The van der Waals surface area contributed by atoms with Gasteiger partial charge in [0.2, 0.25) is 0 Å². The van der Waals surface area contributed by atoms with Gasteiger partial charge in [-0.25, -0.2) is 0 Å². The van der Waals surface area contributed by atoms with Gasteiger partial charge >= 0.3 is 5.97 Å². The summed E-state index contributed by atoms with van der Waals surface area (Å²) in [7, 11) is 0. The molecule has 28 heavy (non-hydrogen) atoms. The summed E-state index contributed by atoms with van der Waals surface area (Å²) >= 11 is 3.45. The van der Waals surface area contributed by atoms with Gasteiger partial charge in [-0.05, 0) is 46.5 Å². The number of carbonyl (C=O) groups is 1. The molecular weight excluding hydrogens is 420 g/mol. The second-order valence-electron chi connectivity index (χ2n) is 7.35. The number of ether oxygens (including phenoxy) is 1. The third-order valence-corrected chi connectivity index (χ3v) is 6.36. The molecule has 2 N–H and O–H groups in total. The molecule has 3 aromatic carbocycles. The summed E-state index contributed by atoms with van der Waals surface area (Å²) in [6, 6.07) is 21.4. The molecule has 0 aliphatic heterocycles. The number of carbonyl (C=O) groups excluding carboxylic acids is 1. The number of benzene rings is 3. The van der Waals surface area contributed by atoms with Crippen molar-refractivity contribution in [3.05, 3.63) is 99.5 Å². The number of fused-ring (bicyclic) bond motifs is 1. The van der Waals surface area contributed by atoms with E-state index in [9.17, 15) is 15.0 Å². The minimum absolute atomic E-state index is 0.0512. The molecule has 3 aliphatic carbocycles. The van der Waals surface area contributed by atoms with Crippen LogP contribution in [0.4, 0.5) is 0 Å². The van der Waals surface area contributed by atoms with Crippen LogP contribution in [0, 0.1) is 5.92 Å². The van der Waals surface area contributed by atoms with Crippen molar-refractivity contribution in [2.45, 2.75) is 17.6 Å². The first kappa shape index (κ1) is 17.6. The molecule has 0 heterocycles. The Morgan fingerprint density at radius 1 is 0.893 bits per heavy atom. The lowest BCUT2D eigenvalue weighted by molar-refractivity contribution is -0.157. The molecule has 0 amide bonds. The van der Waals surface area contributed by atoms with Gasteiger partial charge in [0.25, 0.3) is 0 Å². The lowest BCUT2D eigenvalue weighted by Crippen LogP contribution is -2.57. The van der Waals surface area contributed by atoms with E-state index in [0.717, 1.165) is 4.47 Å². The highest BCUT2D eigenvalue weighted by Gasteiger charge is 2.62. The first-order chi connectivity index (χ1) is 13.4. The summed E-state index contributed by atoms with van der Waals surface area (Å²) < 4.78 is 6.35. The predicted octanol–water partition coefficient (Wildman–Crippen LogP) is 3.86. The van der Waals surface area contributed by atoms with Crippen molar-refractivity contribution in [3.8, 4) is 5.75 Å². The molecule has 3 aromatic rings. The van der Waals surface area contributed by atoms with E-state index >= 15 is 0 Å². The largest absolute Gasteiger partial charge is 0.426 e. The van der Waals surface area contributed by atoms with Gasteiger partial charge in [-0.3, -0.25) is 4.79 Å². The van der Waals surface area contributed by atoms with Crippen LogP contribution >= 0.6 is 15.9 Å². The van der Waals surface area contributed by atoms with Gasteiger partial charge in [0.1, 0.15) is 17.0 Å². The summed E-state index contributed by atoms with van der Waals surface area (Å²) in [4.78, 5) is 13.1. The molecule has 140 valence electrons. The SMILES string of the molecule is O=C(Oc1ccccc1)C1CC2(O)c3ccccc3C1(O)c1ccc(Br)cc12. The number of rotatable bonds is 2. The van der Waals surface area contributed by atoms with Crippen molar-refractivity contribution in [3.63, 3.8) is 0 Å². The molecule has 4 nitrogen and oxygen atoms in total. The molecule has 6 rings (SSSR count). The summed E-state index contributed by atoms with van der Waals surface area (Å²) in [6.45, 7) is 0. The third kappa shape index (κ3) is 2.27. The topological polar surface area (TPSA) is 66.8 Å². The second-order valence-corrected chi connectivity index (χ2v) is 8.27. The number of hydrogen-bond donors (Lipinski definition) is 2. The van der Waals surface area contributed by atoms with Crippen LogP contribution in [0.5, 0.6) is 5.75 Å². The van der Waals surface area contributed by atoms with Gasteiger partial charge in [0.15, 0.2) is 0 Å². The van der Waals surface area contributed by atoms with Gasteiger partial charge in [-0.2, -0.15) is 0 Å². The zero-order chi connectivity index (χ0) is 19.5. The van der Waals surface area contributed by atoms with Crippen molar-refractivity contribution in [2.24, 2.45) is 5.92 Å². The van der Waals surface area contributed by atoms with E-state index in [4.69, 9.17) is 4.74 Å². The van der Waals surface area contributed by atoms with E-state index in [1.807, 2.05) is 30.3 Å². The van der Waals surface area contributed by atoms with Gasteiger partial charge < -0.3 is 14.9 Å². The minimum atomic E-state index is -1.57. The number of hydrogen-bond acceptors (Lipinski definition) is 4. The van der Waals surface area contributed by atoms with Crippen LogP contribution < -0.4 is 4.74 Å². The van der Waals surface area contributed by atoms with E-state index in [-0.39, 0.29) is 6.42 Å². The summed E-state index contributed by atoms with van der Waals surface area (Å²) in [5.74, 6) is -1.08. The van der Waals surface area contributed by atoms with Crippen molar-refractivity contribution < 1.29 is 19.7 Å². The molecule has 5 heteroatoms. The smallest absolute Gasteiger partial charge is 0.318 e. The first-order valence-electron chi connectivity index (χ1n) is 9.06. The number of para-hydroxylation sites is 1. The standard InChI is InChI=1S/C23H17BrO4/c24-14-10-11-18-19(12-14)22(26)13-20(21(25)28-15-6-2-1-3-7-15)23(18,27)17-9-5-4-8-16(17)22/h1-12,20,26-27H,13H2. The normalized spacial score (nSPS) is 27.0. The van der Waals surface area contributed by atoms with E-state index < -0.39 is 23.1 Å². The van der Waals surface area contributed by atoms with E-state index in [2.05, 4.69) is 15.9 Å². The molecule has 0 radical (unpaired) electrons. The van der Waals surface area contributed by atoms with Crippen LogP contribution in [0.15, 0.2) is 77.3 Å². The monoisotopic (exact) mass is 436 g/mol. The van der Waals surface area contributed by atoms with E-state index in [1.54, 1.807) is 42.5 Å². The fourth-order valence-corrected chi connectivity index (χ4v) is 4.99. The number of esters is 1. The highest BCUT2D eigenvalue weighted by molar-refractivity contribution is 9.10. The average Bonchev–Trinajstić information content (AvgIpc) is 2.71. The molecular formula is C23H17BrO4. The Hall–Kier alpha value is -2.47. The van der Waals surface area contributed by atoms with Crippen LogP contribution in [0.3, 0.4) is 0 Å². The Morgan fingerprint density at radius 2 is 1.54 bits per heavy atom. The maximum absolute atomic E-state index is 13.1. The fraction of sp³-hybridized carbons (Fsp3) is 0.174. The van der Waals surface area contributed by atoms with Crippen LogP contribution in [-0.2, 0) is 16.0 Å².